The second-order valence-corrected chi connectivity index (χ2v) is 15.6. The van der Waals surface area contributed by atoms with Crippen LogP contribution in [0.3, 0.4) is 0 Å². The van der Waals surface area contributed by atoms with Crippen molar-refractivity contribution in [3.63, 3.8) is 0 Å². The van der Waals surface area contributed by atoms with Crippen LogP contribution in [0.5, 0.6) is 0 Å². The van der Waals surface area contributed by atoms with Crippen LogP contribution in [0, 0.1) is 0 Å². The second-order valence-electron chi connectivity index (χ2n) is 15.6. The van der Waals surface area contributed by atoms with Crippen LogP contribution in [0.2, 0.25) is 0 Å². The molecular formula is C57H36N2O. The van der Waals surface area contributed by atoms with Crippen molar-refractivity contribution in [2.24, 2.45) is 0 Å². The van der Waals surface area contributed by atoms with E-state index in [0.717, 1.165) is 49.9 Å². The summed E-state index contributed by atoms with van der Waals surface area (Å²) in [6, 6.07) is 77.2. The Kier molecular flexibility index (Phi) is 7.69. The predicted octanol–water partition coefficient (Wildman–Crippen LogP) is 14.5. The maximum absolute atomic E-state index is 14.7. The van der Waals surface area contributed by atoms with Gasteiger partial charge >= 0.3 is 0 Å². The number of hydrogen-bond acceptors (Lipinski definition) is 1. The van der Waals surface area contributed by atoms with Crippen molar-refractivity contribution in [1.82, 2.24) is 9.13 Å². The van der Waals surface area contributed by atoms with Gasteiger partial charge in [-0.05, 0) is 127 Å². The first-order valence-corrected chi connectivity index (χ1v) is 20.5. The molecule has 10 aromatic carbocycles. The molecule has 0 aliphatic heterocycles. The Bertz CT molecular complexity index is 3660. The molecule has 2 heterocycles. The Balaban J connectivity index is 1.13. The topological polar surface area (TPSA) is 26.9 Å². The molecule has 0 N–H and O–H groups in total. The summed E-state index contributed by atoms with van der Waals surface area (Å²) in [7, 11) is 0. The van der Waals surface area contributed by atoms with Crippen LogP contribution in [-0.2, 0) is 0 Å². The van der Waals surface area contributed by atoms with E-state index in [1.807, 2.05) is 41.0 Å². The molecule has 0 saturated carbocycles. The summed E-state index contributed by atoms with van der Waals surface area (Å²) < 4.78 is 4.22. The van der Waals surface area contributed by atoms with Crippen molar-refractivity contribution in [3.05, 3.63) is 229 Å². The summed E-state index contributed by atoms with van der Waals surface area (Å²) in [4.78, 5) is 14.7. The SMILES string of the molecule is O=c1c2ccc(-c3c4ccccc4c(-c4ccccc4)c4ccccc34)cc2c2cc(-c3ccc4c(c3)c3ccccc3n4-c3ccccc3)ccc2n1-c1ccccc1. The van der Waals surface area contributed by atoms with Crippen LogP contribution in [0.1, 0.15) is 0 Å². The average molecular weight is 765 g/mol. The fraction of sp³-hybridized carbons (Fsp3) is 0. The maximum atomic E-state index is 14.7. The van der Waals surface area contributed by atoms with E-state index in [4.69, 9.17) is 0 Å². The molecule has 3 nitrogen and oxygen atoms in total. The van der Waals surface area contributed by atoms with Gasteiger partial charge in [0.2, 0.25) is 0 Å². The molecule has 0 spiro atoms. The summed E-state index contributed by atoms with van der Waals surface area (Å²) in [6.07, 6.45) is 0. The van der Waals surface area contributed by atoms with Gasteiger partial charge in [0.1, 0.15) is 0 Å². The van der Waals surface area contributed by atoms with E-state index < -0.39 is 0 Å². The number of rotatable bonds is 5. The van der Waals surface area contributed by atoms with Crippen LogP contribution in [-0.4, -0.2) is 9.13 Å². The van der Waals surface area contributed by atoms with Gasteiger partial charge in [-0.25, -0.2) is 0 Å². The third-order valence-corrected chi connectivity index (χ3v) is 12.3. The molecule has 60 heavy (non-hydrogen) atoms. The zero-order valence-corrected chi connectivity index (χ0v) is 32.6. The van der Waals surface area contributed by atoms with Crippen molar-refractivity contribution < 1.29 is 0 Å². The Morgan fingerprint density at radius 1 is 0.250 bits per heavy atom. The molecule has 0 amide bonds. The van der Waals surface area contributed by atoms with E-state index in [1.165, 1.54) is 54.5 Å². The number of nitrogens with zero attached hydrogens (tertiary/aromatic N) is 2. The number of hydrogen-bond donors (Lipinski definition) is 0. The Labute approximate surface area is 346 Å². The van der Waals surface area contributed by atoms with E-state index in [9.17, 15) is 4.79 Å². The van der Waals surface area contributed by atoms with E-state index >= 15 is 0 Å². The minimum atomic E-state index is -0.0349. The highest BCUT2D eigenvalue weighted by molar-refractivity contribution is 6.22. The molecular weight excluding hydrogens is 729 g/mol. The van der Waals surface area contributed by atoms with Gasteiger partial charge < -0.3 is 4.57 Å². The number of aromatic nitrogens is 2. The highest BCUT2D eigenvalue weighted by atomic mass is 16.1. The number of para-hydroxylation sites is 3. The van der Waals surface area contributed by atoms with Gasteiger partial charge in [0.05, 0.1) is 16.6 Å². The molecule has 12 rings (SSSR count). The Morgan fingerprint density at radius 2 is 0.650 bits per heavy atom. The fourth-order valence-corrected chi connectivity index (χ4v) is 9.66. The minimum absolute atomic E-state index is 0.0349. The first-order valence-electron chi connectivity index (χ1n) is 20.5. The smallest absolute Gasteiger partial charge is 0.263 e. The summed E-state index contributed by atoms with van der Waals surface area (Å²) in [5.74, 6) is 0. The fourth-order valence-electron chi connectivity index (χ4n) is 9.66. The molecule has 0 aliphatic rings. The van der Waals surface area contributed by atoms with Gasteiger partial charge in [0.25, 0.3) is 5.56 Å². The zero-order valence-electron chi connectivity index (χ0n) is 32.6. The summed E-state index contributed by atoms with van der Waals surface area (Å²) >= 11 is 0. The van der Waals surface area contributed by atoms with Crippen molar-refractivity contribution in [1.29, 1.82) is 0 Å². The minimum Gasteiger partial charge on any atom is -0.309 e. The molecule has 0 saturated heterocycles. The van der Waals surface area contributed by atoms with Crippen molar-refractivity contribution >= 4 is 65.0 Å². The van der Waals surface area contributed by atoms with Crippen molar-refractivity contribution in [2.75, 3.05) is 0 Å². The lowest BCUT2D eigenvalue weighted by molar-refractivity contribution is 1.06. The molecule has 3 heteroatoms. The largest absolute Gasteiger partial charge is 0.309 e. The quantitative estimate of drug-likeness (QED) is 0.127. The average Bonchev–Trinajstić information content (AvgIpc) is 3.65. The highest BCUT2D eigenvalue weighted by Crippen LogP contribution is 2.45. The highest BCUT2D eigenvalue weighted by Gasteiger charge is 2.20. The lowest BCUT2D eigenvalue weighted by atomic mass is 9.85. The van der Waals surface area contributed by atoms with Gasteiger partial charge in [-0.1, -0.05) is 152 Å². The standard InChI is InChI=1S/C57H36N2O/c60-57-48-31-28-40(56-46-25-12-10-23-44(46)55(37-16-4-1-5-17-37)45-24-11-13-26-47(45)56)36-49(48)51-35-39(30-33-54(51)59(57)42-20-8-3-9-21-42)38-29-32-53-50(34-38)43-22-14-15-27-52(43)58(53)41-18-6-2-7-19-41/h1-36H. The van der Waals surface area contributed by atoms with Crippen LogP contribution in [0.25, 0.3) is 110 Å². The molecule has 280 valence electrons. The summed E-state index contributed by atoms with van der Waals surface area (Å²) in [5.41, 5.74) is 12.0. The maximum Gasteiger partial charge on any atom is 0.263 e. The Hall–Kier alpha value is -8.01. The van der Waals surface area contributed by atoms with E-state index in [1.54, 1.807) is 0 Å². The van der Waals surface area contributed by atoms with Crippen LogP contribution in [0.4, 0.5) is 0 Å². The summed E-state index contributed by atoms with van der Waals surface area (Å²) in [6.45, 7) is 0. The number of fused-ring (bicyclic) bond motifs is 8. The molecule has 0 atom stereocenters. The van der Waals surface area contributed by atoms with Crippen LogP contribution < -0.4 is 5.56 Å². The number of benzene rings is 10. The first-order chi connectivity index (χ1) is 29.7. The van der Waals surface area contributed by atoms with E-state index in [2.05, 4.69) is 187 Å². The van der Waals surface area contributed by atoms with E-state index in [-0.39, 0.29) is 5.56 Å². The second kappa shape index (κ2) is 13.5. The van der Waals surface area contributed by atoms with Crippen LogP contribution >= 0.6 is 0 Å². The third kappa shape index (κ3) is 5.19. The first kappa shape index (κ1) is 34.1. The van der Waals surface area contributed by atoms with Crippen molar-refractivity contribution in [3.8, 4) is 44.8 Å². The van der Waals surface area contributed by atoms with Gasteiger partial charge in [-0.2, -0.15) is 0 Å². The third-order valence-electron chi connectivity index (χ3n) is 12.3. The number of pyridine rings is 1. The lowest BCUT2D eigenvalue weighted by Crippen LogP contribution is -2.19. The van der Waals surface area contributed by atoms with Gasteiger partial charge in [0, 0.05) is 32.9 Å². The molecule has 0 bridgehead atoms. The molecule has 0 unspecified atom stereocenters. The normalized spacial score (nSPS) is 11.7. The molecule has 2 aromatic heterocycles. The van der Waals surface area contributed by atoms with Gasteiger partial charge in [0.15, 0.2) is 0 Å². The van der Waals surface area contributed by atoms with E-state index in [0.29, 0.717) is 5.39 Å². The van der Waals surface area contributed by atoms with Crippen LogP contribution in [0.15, 0.2) is 223 Å². The Morgan fingerprint density at radius 3 is 1.23 bits per heavy atom. The zero-order chi connectivity index (χ0) is 39.7. The lowest BCUT2D eigenvalue weighted by Gasteiger charge is -2.19. The van der Waals surface area contributed by atoms with Gasteiger partial charge in [-0.3, -0.25) is 9.36 Å². The molecule has 12 aromatic rings. The molecule has 0 aliphatic carbocycles. The molecule has 0 fully saturated rings. The predicted molar refractivity (Wildman–Crippen MR) is 253 cm³/mol. The summed E-state index contributed by atoms with van der Waals surface area (Å²) in [5, 5.41) is 9.82. The van der Waals surface area contributed by atoms with Gasteiger partial charge in [-0.15, -0.1) is 0 Å². The molecule has 0 radical (unpaired) electrons. The monoisotopic (exact) mass is 764 g/mol. The van der Waals surface area contributed by atoms with Crippen molar-refractivity contribution in [2.45, 2.75) is 0 Å².